The molecule has 29 heavy (non-hydrogen) atoms. The maximum absolute atomic E-state index is 12.7. The van der Waals surface area contributed by atoms with E-state index in [-0.39, 0.29) is 22.4 Å². The summed E-state index contributed by atoms with van der Waals surface area (Å²) in [6.07, 6.45) is 4.66. The average molecular weight is 413 g/mol. The van der Waals surface area contributed by atoms with Gasteiger partial charge in [-0.05, 0) is 38.0 Å². The highest BCUT2D eigenvalue weighted by Gasteiger charge is 2.29. The number of amides is 1. The molecule has 1 aliphatic heterocycles. The highest BCUT2D eigenvalue weighted by Crippen LogP contribution is 2.31. The van der Waals surface area contributed by atoms with Crippen LogP contribution in [0.5, 0.6) is 0 Å². The molecule has 0 aromatic carbocycles. The van der Waals surface area contributed by atoms with Gasteiger partial charge in [0, 0.05) is 49.7 Å². The molecule has 9 heteroatoms. The van der Waals surface area contributed by atoms with Gasteiger partial charge in [0.05, 0.1) is 5.69 Å². The van der Waals surface area contributed by atoms with Crippen molar-refractivity contribution >= 4 is 17.5 Å². The number of rotatable bonds is 3. The highest BCUT2D eigenvalue weighted by molar-refractivity contribution is 6.31. The number of nitrogens with zero attached hydrogens (tertiary/aromatic N) is 5. The first-order valence-corrected chi connectivity index (χ1v) is 9.82. The van der Waals surface area contributed by atoms with Crippen LogP contribution in [0.4, 0.5) is 0 Å². The molecule has 150 valence electrons. The van der Waals surface area contributed by atoms with Crippen molar-refractivity contribution < 1.29 is 4.79 Å². The second kappa shape index (κ2) is 7.79. The number of H-pyrrole nitrogens is 1. The van der Waals surface area contributed by atoms with Crippen molar-refractivity contribution in [2.45, 2.75) is 25.7 Å². The topological polar surface area (TPSA) is 96.8 Å². The zero-order chi connectivity index (χ0) is 20.5. The van der Waals surface area contributed by atoms with Gasteiger partial charge in [0.25, 0.3) is 11.5 Å². The number of likely N-dealkylation sites (tertiary alicyclic amines) is 1. The van der Waals surface area contributed by atoms with Crippen molar-refractivity contribution in [2.75, 3.05) is 13.1 Å². The van der Waals surface area contributed by atoms with Gasteiger partial charge in [-0.3, -0.25) is 19.3 Å². The molecule has 4 rings (SSSR count). The van der Waals surface area contributed by atoms with Gasteiger partial charge in [-0.1, -0.05) is 11.6 Å². The van der Waals surface area contributed by atoms with E-state index in [2.05, 4.69) is 20.1 Å². The van der Waals surface area contributed by atoms with Gasteiger partial charge in [0.1, 0.15) is 10.8 Å². The van der Waals surface area contributed by atoms with Crippen molar-refractivity contribution in [2.24, 2.45) is 7.05 Å². The van der Waals surface area contributed by atoms with E-state index in [1.807, 2.05) is 14.0 Å². The lowest BCUT2D eigenvalue weighted by atomic mass is 9.93. The predicted molar refractivity (Wildman–Crippen MR) is 109 cm³/mol. The molecule has 1 aliphatic rings. The number of aryl methyl sites for hydroxylation is 2. The van der Waals surface area contributed by atoms with Gasteiger partial charge in [0.2, 0.25) is 0 Å². The number of halogens is 1. The molecule has 0 unspecified atom stereocenters. The molecular formula is C20H21ClN6O2. The van der Waals surface area contributed by atoms with Crippen LogP contribution in [-0.2, 0) is 7.05 Å². The molecule has 3 aromatic heterocycles. The number of piperidine rings is 1. The molecule has 1 saturated heterocycles. The third kappa shape index (κ3) is 3.80. The SMILES string of the molecule is Cc1cc(C(=O)N2CCC(c3nc(-c4ccncc4)[nH]c(=O)c3Cl)CC2)nn1C. The molecule has 0 spiro atoms. The van der Waals surface area contributed by atoms with E-state index in [4.69, 9.17) is 11.6 Å². The third-order valence-corrected chi connectivity index (χ3v) is 5.71. The van der Waals surface area contributed by atoms with Crippen molar-refractivity contribution in [3.8, 4) is 11.4 Å². The Morgan fingerprint density at radius 1 is 1.24 bits per heavy atom. The van der Waals surface area contributed by atoms with Gasteiger partial charge in [-0.25, -0.2) is 4.98 Å². The van der Waals surface area contributed by atoms with E-state index in [1.54, 1.807) is 40.2 Å². The summed E-state index contributed by atoms with van der Waals surface area (Å²) in [5.41, 5.74) is 2.39. The first-order chi connectivity index (χ1) is 13.9. The molecule has 1 amide bonds. The summed E-state index contributed by atoms with van der Waals surface area (Å²) in [6, 6.07) is 5.36. The Bertz CT molecular complexity index is 1080. The zero-order valence-electron chi connectivity index (χ0n) is 16.2. The smallest absolute Gasteiger partial charge is 0.274 e. The fraction of sp³-hybridized carbons (Fsp3) is 0.350. The van der Waals surface area contributed by atoms with Crippen LogP contribution in [0.25, 0.3) is 11.4 Å². The van der Waals surface area contributed by atoms with Crippen LogP contribution in [0.3, 0.4) is 0 Å². The van der Waals surface area contributed by atoms with Crippen LogP contribution >= 0.6 is 11.6 Å². The Kier molecular flexibility index (Phi) is 5.19. The van der Waals surface area contributed by atoms with Crippen LogP contribution in [0.2, 0.25) is 5.02 Å². The molecular weight excluding hydrogens is 392 g/mol. The summed E-state index contributed by atoms with van der Waals surface area (Å²) >= 11 is 6.29. The van der Waals surface area contributed by atoms with Crippen molar-refractivity contribution in [3.05, 3.63) is 63.1 Å². The molecule has 0 saturated carbocycles. The van der Waals surface area contributed by atoms with Crippen LogP contribution in [0.1, 0.15) is 40.6 Å². The first kappa shape index (κ1) is 19.3. The molecule has 8 nitrogen and oxygen atoms in total. The third-order valence-electron chi connectivity index (χ3n) is 5.34. The molecule has 0 atom stereocenters. The Morgan fingerprint density at radius 3 is 2.55 bits per heavy atom. The minimum Gasteiger partial charge on any atom is -0.337 e. The van der Waals surface area contributed by atoms with Crippen LogP contribution in [0.15, 0.2) is 35.4 Å². The van der Waals surface area contributed by atoms with E-state index in [0.717, 1.165) is 11.3 Å². The van der Waals surface area contributed by atoms with E-state index < -0.39 is 0 Å². The van der Waals surface area contributed by atoms with Gasteiger partial charge in [0.15, 0.2) is 5.69 Å². The summed E-state index contributed by atoms with van der Waals surface area (Å²) in [6.45, 7) is 3.04. The summed E-state index contributed by atoms with van der Waals surface area (Å²) in [4.78, 5) is 38.2. The lowest BCUT2D eigenvalue weighted by molar-refractivity contribution is 0.0705. The number of hydrogen-bond acceptors (Lipinski definition) is 5. The summed E-state index contributed by atoms with van der Waals surface area (Å²) in [7, 11) is 1.82. The molecule has 0 bridgehead atoms. The highest BCUT2D eigenvalue weighted by atomic mass is 35.5. The molecule has 1 fully saturated rings. The fourth-order valence-corrected chi connectivity index (χ4v) is 3.82. The van der Waals surface area contributed by atoms with Gasteiger partial charge >= 0.3 is 0 Å². The first-order valence-electron chi connectivity index (χ1n) is 9.44. The summed E-state index contributed by atoms with van der Waals surface area (Å²) < 4.78 is 1.69. The lowest BCUT2D eigenvalue weighted by Crippen LogP contribution is -2.38. The van der Waals surface area contributed by atoms with Crippen LogP contribution in [-0.4, -0.2) is 48.6 Å². The number of aromatic nitrogens is 5. The number of aromatic amines is 1. The number of hydrogen-bond donors (Lipinski definition) is 1. The second-order valence-electron chi connectivity index (χ2n) is 7.21. The van der Waals surface area contributed by atoms with Gasteiger partial charge in [-0.2, -0.15) is 5.10 Å². The fourth-order valence-electron chi connectivity index (χ4n) is 3.58. The number of carbonyl (C=O) groups is 1. The Balaban J connectivity index is 1.53. The van der Waals surface area contributed by atoms with E-state index >= 15 is 0 Å². The summed E-state index contributed by atoms with van der Waals surface area (Å²) in [5.74, 6) is 0.411. The minimum atomic E-state index is -0.356. The standard InChI is InChI=1S/C20H21ClN6O2/c1-12-11-15(25-26(12)2)20(29)27-9-5-13(6-10-27)17-16(21)19(28)24-18(23-17)14-3-7-22-8-4-14/h3-4,7-8,11,13H,5-6,9-10H2,1-2H3,(H,23,24,28). The van der Waals surface area contributed by atoms with Crippen molar-refractivity contribution in [1.29, 1.82) is 0 Å². The number of nitrogens with one attached hydrogen (secondary N) is 1. The quantitative estimate of drug-likeness (QED) is 0.713. The van der Waals surface area contributed by atoms with Gasteiger partial charge < -0.3 is 9.88 Å². The lowest BCUT2D eigenvalue weighted by Gasteiger charge is -2.31. The Labute approximate surface area is 172 Å². The zero-order valence-corrected chi connectivity index (χ0v) is 17.0. The maximum atomic E-state index is 12.7. The Morgan fingerprint density at radius 2 is 1.93 bits per heavy atom. The minimum absolute atomic E-state index is 0.0138. The molecule has 3 aromatic rings. The molecule has 0 radical (unpaired) electrons. The average Bonchev–Trinajstić information content (AvgIpc) is 3.08. The van der Waals surface area contributed by atoms with Crippen molar-refractivity contribution in [3.63, 3.8) is 0 Å². The normalized spacial score (nSPS) is 14.9. The largest absolute Gasteiger partial charge is 0.337 e. The Hall–Kier alpha value is -3.00. The summed E-state index contributed by atoms with van der Waals surface area (Å²) in [5, 5.41) is 4.39. The maximum Gasteiger partial charge on any atom is 0.274 e. The second-order valence-corrected chi connectivity index (χ2v) is 7.59. The monoisotopic (exact) mass is 412 g/mol. The number of pyridine rings is 1. The van der Waals surface area contributed by atoms with Crippen LogP contribution < -0.4 is 5.56 Å². The van der Waals surface area contributed by atoms with E-state index in [9.17, 15) is 9.59 Å². The number of carbonyl (C=O) groups excluding carboxylic acids is 1. The predicted octanol–water partition coefficient (Wildman–Crippen LogP) is 2.55. The van der Waals surface area contributed by atoms with Crippen LogP contribution in [0, 0.1) is 6.92 Å². The molecule has 1 N–H and O–H groups in total. The van der Waals surface area contributed by atoms with E-state index in [1.165, 1.54) is 0 Å². The van der Waals surface area contributed by atoms with Crippen molar-refractivity contribution in [1.82, 2.24) is 29.6 Å². The molecule has 4 heterocycles. The van der Waals surface area contributed by atoms with Gasteiger partial charge in [-0.15, -0.1) is 0 Å². The molecule has 0 aliphatic carbocycles. The van der Waals surface area contributed by atoms with E-state index in [0.29, 0.717) is 43.1 Å².